The Kier molecular flexibility index (Phi) is 8.65. The minimum absolute atomic E-state index is 0.0623. The predicted octanol–water partition coefficient (Wildman–Crippen LogP) is 7.03. The molecule has 4 aliphatic carbocycles. The summed E-state index contributed by atoms with van der Waals surface area (Å²) in [6, 6.07) is 9.61. The maximum absolute atomic E-state index is 13.7. The van der Waals surface area contributed by atoms with Crippen LogP contribution in [0.4, 0.5) is 0 Å². The number of hydrogen-bond donors (Lipinski definition) is 2. The molecule has 1 aromatic carbocycles. The molecule has 8 atom stereocenters. The number of ether oxygens (including phenoxy) is 1. The lowest BCUT2D eigenvalue weighted by Crippen LogP contribution is -2.60. The van der Waals surface area contributed by atoms with Crippen LogP contribution in [0, 0.1) is 45.8 Å². The zero-order chi connectivity index (χ0) is 31.0. The first kappa shape index (κ1) is 30.9. The molecule has 1 amide bonds. The highest BCUT2D eigenvalue weighted by molar-refractivity contribution is 5.89. The fraction of sp³-hybridized carbons (Fsp3) is 0.605. The fourth-order valence-electron chi connectivity index (χ4n) is 10.5. The van der Waals surface area contributed by atoms with Crippen LogP contribution in [0.25, 0.3) is 0 Å². The molecule has 44 heavy (non-hydrogen) atoms. The summed E-state index contributed by atoms with van der Waals surface area (Å²) in [4.78, 5) is 38.6. The van der Waals surface area contributed by atoms with E-state index in [-0.39, 0.29) is 42.2 Å². The van der Waals surface area contributed by atoms with Gasteiger partial charge in [-0.1, -0.05) is 56.3 Å². The summed E-state index contributed by atoms with van der Waals surface area (Å²) in [5.41, 5.74) is 1.90. The smallest absolute Gasteiger partial charge is 0.306 e. The van der Waals surface area contributed by atoms with Crippen molar-refractivity contribution in [2.24, 2.45) is 45.8 Å². The molecular weight excluding hydrogens is 548 g/mol. The van der Waals surface area contributed by atoms with E-state index in [1.165, 1.54) is 25.7 Å². The first-order chi connectivity index (χ1) is 21.2. The number of carbonyl (C=O) groups excluding carboxylic acids is 3. The number of ketones is 1. The van der Waals surface area contributed by atoms with Crippen LogP contribution in [0.15, 0.2) is 66.5 Å². The van der Waals surface area contributed by atoms with Crippen LogP contribution in [-0.4, -0.2) is 24.2 Å². The van der Waals surface area contributed by atoms with Crippen molar-refractivity contribution in [3.05, 3.63) is 72.1 Å². The van der Waals surface area contributed by atoms with Gasteiger partial charge in [-0.25, -0.2) is 0 Å². The molecule has 1 aliphatic heterocycles. The summed E-state index contributed by atoms with van der Waals surface area (Å²) < 4.78 is 5.35. The summed E-state index contributed by atoms with van der Waals surface area (Å²) in [5.74, 6) is 2.79. The average Bonchev–Trinajstić information content (AvgIpc) is 3.17. The summed E-state index contributed by atoms with van der Waals surface area (Å²) in [6.45, 7) is 8.15. The molecule has 4 fully saturated rings. The van der Waals surface area contributed by atoms with Crippen LogP contribution in [0.2, 0.25) is 0 Å². The van der Waals surface area contributed by atoms with Crippen LogP contribution in [-0.2, 0) is 25.7 Å². The molecule has 236 valence electrons. The number of Topliss-reactive ketones (excluding diaryl/α,β-unsaturated/α-hetero) is 1. The van der Waals surface area contributed by atoms with Gasteiger partial charge in [-0.05, 0) is 110 Å². The van der Waals surface area contributed by atoms with Gasteiger partial charge in [0, 0.05) is 31.3 Å². The molecule has 0 bridgehead atoms. The summed E-state index contributed by atoms with van der Waals surface area (Å²) >= 11 is 0. The van der Waals surface area contributed by atoms with Gasteiger partial charge in [0.2, 0.25) is 5.91 Å². The fourth-order valence-corrected chi connectivity index (χ4v) is 10.5. The lowest BCUT2D eigenvalue weighted by Gasteiger charge is -2.64. The van der Waals surface area contributed by atoms with Crippen molar-refractivity contribution in [1.82, 2.24) is 10.6 Å². The van der Waals surface area contributed by atoms with E-state index in [1.807, 2.05) is 48.7 Å². The van der Waals surface area contributed by atoms with Gasteiger partial charge in [0.25, 0.3) is 0 Å². The van der Waals surface area contributed by atoms with Crippen molar-refractivity contribution < 1.29 is 19.1 Å². The van der Waals surface area contributed by atoms with E-state index in [9.17, 15) is 14.4 Å². The second kappa shape index (κ2) is 12.3. The second-order valence-electron chi connectivity index (χ2n) is 14.9. The Morgan fingerprint density at radius 2 is 1.70 bits per heavy atom. The molecule has 6 rings (SSSR count). The van der Waals surface area contributed by atoms with E-state index in [0.29, 0.717) is 48.3 Å². The maximum atomic E-state index is 13.7. The van der Waals surface area contributed by atoms with Crippen LogP contribution in [0.1, 0.15) is 90.5 Å². The van der Waals surface area contributed by atoms with Crippen molar-refractivity contribution in [2.75, 3.05) is 6.54 Å². The number of nitrogens with one attached hydrogen (secondary N) is 2. The SMILES string of the molecule is CC1(C2=CC=CC=CN2)C(=O)CC[C@]2(C)[C@H]3CC[C@]4(C)C(CNC(=O)CCC(=O)OCc5ccccc5)CC[C@H]4[C@@H]3CC[C@@H]12. The lowest BCUT2D eigenvalue weighted by molar-refractivity contribution is -0.162. The van der Waals surface area contributed by atoms with Crippen molar-refractivity contribution in [2.45, 2.75) is 91.6 Å². The molecule has 2 N–H and O–H groups in total. The van der Waals surface area contributed by atoms with Crippen LogP contribution in [0.5, 0.6) is 0 Å². The molecule has 0 radical (unpaired) electrons. The van der Waals surface area contributed by atoms with E-state index in [2.05, 4.69) is 43.6 Å². The first-order valence-electron chi connectivity index (χ1n) is 17.0. The third kappa shape index (κ3) is 5.47. The molecule has 5 aliphatic rings. The lowest BCUT2D eigenvalue weighted by atomic mass is 9.40. The minimum Gasteiger partial charge on any atom is -0.461 e. The molecular formula is C38H50N2O4. The monoisotopic (exact) mass is 598 g/mol. The Labute approximate surface area is 263 Å². The van der Waals surface area contributed by atoms with Crippen molar-refractivity contribution in [3.63, 3.8) is 0 Å². The van der Waals surface area contributed by atoms with Gasteiger partial charge in [0.1, 0.15) is 12.4 Å². The number of amides is 1. The molecule has 0 spiro atoms. The Morgan fingerprint density at radius 1 is 0.909 bits per heavy atom. The highest BCUT2D eigenvalue weighted by Crippen LogP contribution is 2.69. The molecule has 6 heteroatoms. The van der Waals surface area contributed by atoms with Crippen LogP contribution < -0.4 is 10.6 Å². The quantitative estimate of drug-likeness (QED) is 0.314. The summed E-state index contributed by atoms with van der Waals surface area (Å²) in [5, 5.41) is 6.67. The van der Waals surface area contributed by atoms with Gasteiger partial charge in [-0.15, -0.1) is 0 Å². The Morgan fingerprint density at radius 3 is 2.52 bits per heavy atom. The number of carbonyl (C=O) groups is 3. The number of allylic oxidation sites excluding steroid dienone is 5. The zero-order valence-electron chi connectivity index (χ0n) is 26.8. The predicted molar refractivity (Wildman–Crippen MR) is 172 cm³/mol. The molecule has 6 nitrogen and oxygen atoms in total. The minimum atomic E-state index is -0.478. The van der Waals surface area contributed by atoms with Gasteiger partial charge in [-0.2, -0.15) is 0 Å². The molecule has 2 unspecified atom stereocenters. The highest BCUT2D eigenvalue weighted by Gasteiger charge is 2.64. The number of rotatable bonds is 8. The zero-order valence-corrected chi connectivity index (χ0v) is 26.8. The van der Waals surface area contributed by atoms with Gasteiger partial charge in [0.15, 0.2) is 0 Å². The van der Waals surface area contributed by atoms with E-state index >= 15 is 0 Å². The third-order valence-corrected chi connectivity index (χ3v) is 13.0. The normalized spacial score (nSPS) is 37.5. The van der Waals surface area contributed by atoms with Gasteiger partial charge >= 0.3 is 5.97 Å². The molecule has 0 aromatic heterocycles. The van der Waals surface area contributed by atoms with Gasteiger partial charge < -0.3 is 15.4 Å². The number of fused-ring (bicyclic) bond motifs is 5. The van der Waals surface area contributed by atoms with Crippen LogP contribution >= 0.6 is 0 Å². The summed E-state index contributed by atoms with van der Waals surface area (Å²) in [6.07, 6.45) is 19.2. The first-order valence-corrected chi connectivity index (χ1v) is 17.0. The molecule has 4 saturated carbocycles. The van der Waals surface area contributed by atoms with E-state index in [0.717, 1.165) is 30.5 Å². The van der Waals surface area contributed by atoms with Gasteiger partial charge in [0.05, 0.1) is 11.8 Å². The Bertz CT molecular complexity index is 1350. The van der Waals surface area contributed by atoms with Crippen molar-refractivity contribution >= 4 is 17.7 Å². The molecule has 1 aromatic rings. The van der Waals surface area contributed by atoms with Crippen molar-refractivity contribution in [1.29, 1.82) is 0 Å². The number of esters is 1. The summed E-state index contributed by atoms with van der Waals surface area (Å²) in [7, 11) is 0. The van der Waals surface area contributed by atoms with Crippen molar-refractivity contribution in [3.8, 4) is 0 Å². The topological polar surface area (TPSA) is 84.5 Å². The Hall–Kier alpha value is -3.15. The molecule has 0 saturated heterocycles. The average molecular weight is 599 g/mol. The third-order valence-electron chi connectivity index (χ3n) is 13.0. The van der Waals surface area contributed by atoms with E-state index < -0.39 is 5.41 Å². The second-order valence-corrected chi connectivity index (χ2v) is 14.9. The maximum Gasteiger partial charge on any atom is 0.306 e. The largest absolute Gasteiger partial charge is 0.461 e. The number of benzene rings is 1. The standard InChI is InChI=1S/C38H50N2O4/c1-36-21-19-30-28(14-16-31-37(30,2)22-20-33(41)38(31,3)32-12-8-5-9-23-39-32)29(36)15-13-27(36)24-40-34(42)17-18-35(43)44-25-26-10-6-4-7-11-26/h4-12,23,27-31,39H,13-22,24-25H2,1-3H3,(H,40,42)/t27?,28-,29-,30-,31+,36+,37+,38?/m0/s1. The molecule has 1 heterocycles. The van der Waals surface area contributed by atoms with E-state index in [1.54, 1.807) is 0 Å². The van der Waals surface area contributed by atoms with E-state index in [4.69, 9.17) is 4.74 Å². The number of hydrogen-bond acceptors (Lipinski definition) is 5. The van der Waals surface area contributed by atoms with Crippen LogP contribution in [0.3, 0.4) is 0 Å². The van der Waals surface area contributed by atoms with Gasteiger partial charge in [-0.3, -0.25) is 14.4 Å². The Balaban J connectivity index is 1.06. The highest BCUT2D eigenvalue weighted by atomic mass is 16.5.